The number of rotatable bonds is 7. The molecule has 1 aromatic carbocycles. The third-order valence-corrected chi connectivity index (χ3v) is 4.42. The van der Waals surface area contributed by atoms with E-state index in [4.69, 9.17) is 16.2 Å². The summed E-state index contributed by atoms with van der Waals surface area (Å²) < 4.78 is 24.2. The number of aliphatic hydroxyl groups is 1. The standard InChI is InChI=1S/C12H19N3O3S/c1-15(5-7-16)6-8-19(17,18)11-4-2-3-10(9-11)12(13)14/h2-4,9,16H,5-8H2,1H3,(H3,13,14). The normalized spacial score (nSPS) is 11.7. The van der Waals surface area contributed by atoms with Gasteiger partial charge in [-0.2, -0.15) is 0 Å². The topological polar surface area (TPSA) is 107 Å². The minimum Gasteiger partial charge on any atom is -0.395 e. The van der Waals surface area contributed by atoms with Crippen LogP contribution in [0.3, 0.4) is 0 Å². The van der Waals surface area contributed by atoms with Crippen molar-refractivity contribution in [1.82, 2.24) is 4.90 Å². The van der Waals surface area contributed by atoms with Gasteiger partial charge in [-0.05, 0) is 19.2 Å². The van der Waals surface area contributed by atoms with Crippen LogP contribution in [0.1, 0.15) is 5.56 Å². The molecule has 0 radical (unpaired) electrons. The lowest BCUT2D eigenvalue weighted by molar-refractivity contribution is 0.227. The summed E-state index contributed by atoms with van der Waals surface area (Å²) in [5.74, 6) is -0.195. The zero-order valence-corrected chi connectivity index (χ0v) is 11.7. The van der Waals surface area contributed by atoms with E-state index in [0.717, 1.165) is 0 Å². The Morgan fingerprint density at radius 2 is 2.11 bits per heavy atom. The maximum absolute atomic E-state index is 12.1. The maximum Gasteiger partial charge on any atom is 0.179 e. The van der Waals surface area contributed by atoms with Crippen LogP contribution in [-0.4, -0.2) is 56.8 Å². The van der Waals surface area contributed by atoms with Gasteiger partial charge in [-0.15, -0.1) is 0 Å². The fraction of sp³-hybridized carbons (Fsp3) is 0.417. The fourth-order valence-electron chi connectivity index (χ4n) is 1.53. The summed E-state index contributed by atoms with van der Waals surface area (Å²) in [5, 5.41) is 16.1. The Morgan fingerprint density at radius 1 is 1.42 bits per heavy atom. The molecule has 4 N–H and O–H groups in total. The number of nitrogens with one attached hydrogen (secondary N) is 1. The molecule has 0 amide bonds. The van der Waals surface area contributed by atoms with Crippen LogP contribution in [0.2, 0.25) is 0 Å². The van der Waals surface area contributed by atoms with Crippen LogP contribution in [0.15, 0.2) is 29.2 Å². The number of aliphatic hydroxyl groups excluding tert-OH is 1. The van der Waals surface area contributed by atoms with E-state index in [-0.39, 0.29) is 23.1 Å². The van der Waals surface area contributed by atoms with E-state index < -0.39 is 9.84 Å². The molecule has 0 aliphatic carbocycles. The average Bonchev–Trinajstić information content (AvgIpc) is 2.37. The third-order valence-electron chi connectivity index (χ3n) is 2.73. The van der Waals surface area contributed by atoms with E-state index in [1.807, 2.05) is 0 Å². The lowest BCUT2D eigenvalue weighted by Crippen LogP contribution is -2.28. The van der Waals surface area contributed by atoms with Gasteiger partial charge in [-0.1, -0.05) is 12.1 Å². The Bertz CT molecular complexity index is 543. The largest absolute Gasteiger partial charge is 0.395 e. The second kappa shape index (κ2) is 6.65. The van der Waals surface area contributed by atoms with Crippen molar-refractivity contribution >= 4 is 15.7 Å². The highest BCUT2D eigenvalue weighted by Gasteiger charge is 2.16. The Hall–Kier alpha value is -1.44. The first-order valence-electron chi connectivity index (χ1n) is 5.83. The van der Waals surface area contributed by atoms with Gasteiger partial charge in [0.15, 0.2) is 9.84 Å². The molecule has 0 aromatic heterocycles. The number of sulfone groups is 1. The summed E-state index contributed by atoms with van der Waals surface area (Å²) in [5.41, 5.74) is 5.73. The van der Waals surface area contributed by atoms with Crippen LogP contribution >= 0.6 is 0 Å². The molecule has 0 aliphatic heterocycles. The molecule has 19 heavy (non-hydrogen) atoms. The molecular formula is C12H19N3O3S. The van der Waals surface area contributed by atoms with Gasteiger partial charge in [0.2, 0.25) is 0 Å². The van der Waals surface area contributed by atoms with Gasteiger partial charge < -0.3 is 15.7 Å². The number of benzene rings is 1. The van der Waals surface area contributed by atoms with E-state index >= 15 is 0 Å². The van der Waals surface area contributed by atoms with Crippen LogP contribution in [0.5, 0.6) is 0 Å². The van der Waals surface area contributed by atoms with Crippen molar-refractivity contribution in [2.45, 2.75) is 4.90 Å². The minimum atomic E-state index is -3.41. The molecular weight excluding hydrogens is 266 g/mol. The Morgan fingerprint density at radius 3 is 2.68 bits per heavy atom. The van der Waals surface area contributed by atoms with Crippen molar-refractivity contribution in [1.29, 1.82) is 5.41 Å². The molecule has 0 heterocycles. The second-order valence-electron chi connectivity index (χ2n) is 4.29. The zero-order chi connectivity index (χ0) is 14.5. The lowest BCUT2D eigenvalue weighted by Gasteiger charge is -2.15. The summed E-state index contributed by atoms with van der Waals surface area (Å²) in [4.78, 5) is 1.91. The number of nitrogen functional groups attached to an aromatic ring is 1. The quantitative estimate of drug-likeness (QED) is 0.469. The lowest BCUT2D eigenvalue weighted by atomic mass is 10.2. The van der Waals surface area contributed by atoms with E-state index in [1.165, 1.54) is 12.1 Å². The van der Waals surface area contributed by atoms with E-state index in [2.05, 4.69) is 0 Å². The van der Waals surface area contributed by atoms with Gasteiger partial charge >= 0.3 is 0 Å². The van der Waals surface area contributed by atoms with Crippen LogP contribution in [0.4, 0.5) is 0 Å². The van der Waals surface area contributed by atoms with Crippen molar-refractivity contribution in [2.24, 2.45) is 5.73 Å². The molecule has 1 rings (SSSR count). The molecule has 0 aliphatic rings. The predicted octanol–water partition coefficient (Wildman–Crippen LogP) is -0.332. The van der Waals surface area contributed by atoms with E-state index in [9.17, 15) is 8.42 Å². The number of amidine groups is 1. The number of likely N-dealkylation sites (N-methyl/N-ethyl adjacent to an activating group) is 1. The Labute approximate surface area is 113 Å². The van der Waals surface area contributed by atoms with Crippen molar-refractivity contribution in [3.05, 3.63) is 29.8 Å². The van der Waals surface area contributed by atoms with Gasteiger partial charge in [-0.3, -0.25) is 5.41 Å². The Kier molecular flexibility index (Phi) is 5.46. The number of hydrogen-bond donors (Lipinski definition) is 3. The van der Waals surface area contributed by atoms with Crippen LogP contribution in [-0.2, 0) is 9.84 Å². The molecule has 6 nitrogen and oxygen atoms in total. The predicted molar refractivity (Wildman–Crippen MR) is 74.1 cm³/mol. The van der Waals surface area contributed by atoms with Crippen molar-refractivity contribution in [3.8, 4) is 0 Å². The first-order valence-corrected chi connectivity index (χ1v) is 7.48. The van der Waals surface area contributed by atoms with Gasteiger partial charge in [0.1, 0.15) is 5.84 Å². The molecule has 0 bridgehead atoms. The molecule has 7 heteroatoms. The summed E-state index contributed by atoms with van der Waals surface area (Å²) in [7, 11) is -1.66. The van der Waals surface area contributed by atoms with E-state index in [1.54, 1.807) is 24.1 Å². The summed E-state index contributed by atoms with van der Waals surface area (Å²) in [6, 6.07) is 6.07. The summed E-state index contributed by atoms with van der Waals surface area (Å²) in [6.45, 7) is 0.770. The van der Waals surface area contributed by atoms with Gasteiger partial charge in [0.05, 0.1) is 17.3 Å². The zero-order valence-electron chi connectivity index (χ0n) is 10.8. The van der Waals surface area contributed by atoms with Gasteiger partial charge in [0, 0.05) is 18.7 Å². The molecule has 0 fully saturated rings. The fourth-order valence-corrected chi connectivity index (χ4v) is 2.91. The highest BCUT2D eigenvalue weighted by molar-refractivity contribution is 7.91. The smallest absolute Gasteiger partial charge is 0.179 e. The molecule has 1 aromatic rings. The van der Waals surface area contributed by atoms with Crippen molar-refractivity contribution in [2.75, 3.05) is 32.5 Å². The highest BCUT2D eigenvalue weighted by atomic mass is 32.2. The molecule has 106 valence electrons. The van der Waals surface area contributed by atoms with Crippen molar-refractivity contribution in [3.63, 3.8) is 0 Å². The van der Waals surface area contributed by atoms with Gasteiger partial charge in [0.25, 0.3) is 0 Å². The number of hydrogen-bond acceptors (Lipinski definition) is 5. The SMILES string of the molecule is CN(CCO)CCS(=O)(=O)c1cccc(C(=N)N)c1. The third kappa shape index (κ3) is 4.62. The molecule has 0 spiro atoms. The first-order chi connectivity index (χ1) is 8.86. The van der Waals surface area contributed by atoms with E-state index in [0.29, 0.717) is 18.7 Å². The average molecular weight is 285 g/mol. The summed E-state index contributed by atoms with van der Waals surface area (Å²) in [6.07, 6.45) is 0. The van der Waals surface area contributed by atoms with Crippen LogP contribution < -0.4 is 5.73 Å². The molecule has 0 unspecified atom stereocenters. The van der Waals surface area contributed by atoms with Gasteiger partial charge in [-0.25, -0.2) is 8.42 Å². The van der Waals surface area contributed by atoms with Crippen molar-refractivity contribution < 1.29 is 13.5 Å². The second-order valence-corrected chi connectivity index (χ2v) is 6.40. The number of nitrogens with zero attached hydrogens (tertiary/aromatic N) is 1. The monoisotopic (exact) mass is 285 g/mol. The molecule has 0 atom stereocenters. The Balaban J connectivity index is 2.83. The maximum atomic E-state index is 12.1. The molecule has 0 saturated heterocycles. The first kappa shape index (κ1) is 15.6. The van der Waals surface area contributed by atoms with Crippen LogP contribution in [0.25, 0.3) is 0 Å². The minimum absolute atomic E-state index is 0.00360. The van der Waals surface area contributed by atoms with Crippen LogP contribution in [0, 0.1) is 5.41 Å². The highest BCUT2D eigenvalue weighted by Crippen LogP contribution is 2.13. The summed E-state index contributed by atoms with van der Waals surface area (Å²) >= 11 is 0. The number of nitrogens with two attached hydrogens (primary N) is 1. The molecule has 0 saturated carbocycles.